The van der Waals surface area contributed by atoms with Crippen LogP contribution >= 0.6 is 0 Å². The first-order chi connectivity index (χ1) is 21.9. The van der Waals surface area contributed by atoms with Crippen LogP contribution in [0.25, 0.3) is 10.9 Å². The molecule has 0 unspecified atom stereocenters. The second kappa shape index (κ2) is 12.2. The zero-order chi connectivity index (χ0) is 32.6. The third-order valence-electron chi connectivity index (χ3n) is 7.63. The molecule has 0 bridgehead atoms. The molecular weight excluding hydrogens is 633 g/mol. The number of aromatic nitrogens is 4. The van der Waals surface area contributed by atoms with Crippen molar-refractivity contribution in [2.24, 2.45) is 0 Å². The normalized spacial score (nSPS) is 12.3. The van der Waals surface area contributed by atoms with E-state index >= 15 is 0 Å². The van der Waals surface area contributed by atoms with Gasteiger partial charge < -0.3 is 0 Å². The van der Waals surface area contributed by atoms with Crippen LogP contribution in [0.5, 0.6) is 0 Å². The Hall–Kier alpha value is -4.72. The number of halogens is 2. The summed E-state index contributed by atoms with van der Waals surface area (Å²) >= 11 is 0. The van der Waals surface area contributed by atoms with E-state index in [4.69, 9.17) is 0 Å². The van der Waals surface area contributed by atoms with Gasteiger partial charge in [0.2, 0.25) is 10.0 Å². The predicted molar refractivity (Wildman–Crippen MR) is 169 cm³/mol. The van der Waals surface area contributed by atoms with Gasteiger partial charge in [0.05, 0.1) is 40.3 Å². The topological polar surface area (TPSA) is 107 Å². The van der Waals surface area contributed by atoms with E-state index in [0.717, 1.165) is 17.2 Å². The van der Waals surface area contributed by atoms with Crippen LogP contribution < -0.4 is 0 Å². The van der Waals surface area contributed by atoms with Crippen LogP contribution in [-0.2, 0) is 39.7 Å². The molecule has 0 amide bonds. The third kappa shape index (κ3) is 6.08. The van der Waals surface area contributed by atoms with E-state index in [9.17, 15) is 25.6 Å². The molecule has 4 aromatic carbocycles. The first-order valence-electron chi connectivity index (χ1n) is 14.2. The Morgan fingerprint density at radius 3 is 2.07 bits per heavy atom. The summed E-state index contributed by atoms with van der Waals surface area (Å²) in [4.78, 5) is 0.143. The Labute approximate surface area is 265 Å². The van der Waals surface area contributed by atoms with Crippen molar-refractivity contribution in [3.05, 3.63) is 143 Å². The van der Waals surface area contributed by atoms with Crippen molar-refractivity contribution in [1.29, 1.82) is 0 Å². The Morgan fingerprint density at radius 2 is 1.37 bits per heavy atom. The van der Waals surface area contributed by atoms with Gasteiger partial charge in [-0.15, -0.1) is 5.10 Å². The fraction of sp³-hybridized carbons (Fsp3) is 0.152. The van der Waals surface area contributed by atoms with Crippen molar-refractivity contribution in [3.63, 3.8) is 0 Å². The second-order valence-electron chi connectivity index (χ2n) is 11.0. The first-order valence-corrected chi connectivity index (χ1v) is 17.1. The second-order valence-corrected chi connectivity index (χ2v) is 14.7. The molecule has 0 fully saturated rings. The number of aryl methyl sites for hydroxylation is 2. The minimum absolute atomic E-state index is 0.0448. The first kappa shape index (κ1) is 31.3. The molecule has 13 heteroatoms. The summed E-state index contributed by atoms with van der Waals surface area (Å²) < 4.78 is 87.4. The lowest BCUT2D eigenvalue weighted by molar-refractivity contribution is 0.397. The number of sulfonamides is 1. The van der Waals surface area contributed by atoms with Crippen molar-refractivity contribution in [2.75, 3.05) is 0 Å². The summed E-state index contributed by atoms with van der Waals surface area (Å²) in [6, 6.07) is 23.6. The zero-order valence-corrected chi connectivity index (χ0v) is 26.5. The van der Waals surface area contributed by atoms with E-state index in [-0.39, 0.29) is 40.7 Å². The summed E-state index contributed by atoms with van der Waals surface area (Å²) in [6.07, 6.45) is 2.91. The summed E-state index contributed by atoms with van der Waals surface area (Å²) in [5.41, 5.74) is 2.95. The van der Waals surface area contributed by atoms with Crippen LogP contribution in [0.3, 0.4) is 0 Å². The summed E-state index contributed by atoms with van der Waals surface area (Å²) in [5, 5.41) is 8.68. The summed E-state index contributed by atoms with van der Waals surface area (Å²) in [7, 11) is -8.16. The maximum atomic E-state index is 14.3. The molecule has 0 aliphatic heterocycles. The van der Waals surface area contributed by atoms with Gasteiger partial charge in [0.1, 0.15) is 0 Å². The fourth-order valence-corrected chi connectivity index (χ4v) is 7.94. The van der Waals surface area contributed by atoms with Crippen molar-refractivity contribution < 1.29 is 25.6 Å². The van der Waals surface area contributed by atoms with E-state index in [0.29, 0.717) is 16.5 Å². The predicted octanol–water partition coefficient (Wildman–Crippen LogP) is 5.80. The standard InChI is InChI=1S/C33H29F2N5O4S2/c1-23-10-14-28(15-11-23)45(41,42)39(22-27-21-38(37-36-27)18-25-6-5-8-31(34)33(25)35)19-26-20-40(32-9-4-3-7-30(26)32)46(43,44)29-16-12-24(2)13-17-29/h3-17,20-21H,18-19,22H2,1-2H3. The van der Waals surface area contributed by atoms with Gasteiger partial charge in [0.25, 0.3) is 10.0 Å². The molecule has 0 radical (unpaired) electrons. The molecule has 0 spiro atoms. The van der Waals surface area contributed by atoms with Gasteiger partial charge in [-0.1, -0.05) is 70.9 Å². The molecule has 2 heterocycles. The molecule has 9 nitrogen and oxygen atoms in total. The number of nitrogens with zero attached hydrogens (tertiary/aromatic N) is 5. The third-order valence-corrected chi connectivity index (χ3v) is 11.1. The highest BCUT2D eigenvalue weighted by Crippen LogP contribution is 2.30. The van der Waals surface area contributed by atoms with Crippen molar-refractivity contribution in [1.82, 2.24) is 23.3 Å². The van der Waals surface area contributed by atoms with Crippen molar-refractivity contribution in [3.8, 4) is 0 Å². The number of para-hydroxylation sites is 1. The van der Waals surface area contributed by atoms with Gasteiger partial charge >= 0.3 is 0 Å². The lowest BCUT2D eigenvalue weighted by Gasteiger charge is -2.21. The Balaban J connectivity index is 1.39. The molecule has 236 valence electrons. The summed E-state index contributed by atoms with van der Waals surface area (Å²) in [6.45, 7) is 3.16. The van der Waals surface area contributed by atoms with Gasteiger partial charge in [0.15, 0.2) is 11.6 Å². The van der Waals surface area contributed by atoms with Gasteiger partial charge in [-0.25, -0.2) is 34.3 Å². The fourth-order valence-electron chi connectivity index (χ4n) is 5.16. The minimum Gasteiger partial charge on any atom is -0.248 e. The van der Waals surface area contributed by atoms with E-state index in [1.54, 1.807) is 48.5 Å². The number of fused-ring (bicyclic) bond motifs is 1. The van der Waals surface area contributed by atoms with Crippen LogP contribution in [0.1, 0.15) is 27.9 Å². The van der Waals surface area contributed by atoms with E-state index < -0.39 is 31.7 Å². The maximum absolute atomic E-state index is 14.3. The Bertz CT molecular complexity index is 2270. The number of benzene rings is 4. The maximum Gasteiger partial charge on any atom is 0.268 e. The molecule has 46 heavy (non-hydrogen) atoms. The van der Waals surface area contributed by atoms with E-state index in [1.165, 1.54) is 61.8 Å². The molecule has 6 rings (SSSR count). The minimum atomic E-state index is -4.14. The quantitative estimate of drug-likeness (QED) is 0.184. The number of rotatable bonds is 10. The van der Waals surface area contributed by atoms with Gasteiger partial charge in [0, 0.05) is 23.7 Å². The lowest BCUT2D eigenvalue weighted by atomic mass is 10.2. The highest BCUT2D eigenvalue weighted by atomic mass is 32.2. The highest BCUT2D eigenvalue weighted by molar-refractivity contribution is 7.90. The van der Waals surface area contributed by atoms with Gasteiger partial charge in [-0.2, -0.15) is 4.31 Å². The lowest BCUT2D eigenvalue weighted by Crippen LogP contribution is -2.30. The zero-order valence-electron chi connectivity index (χ0n) is 24.9. The van der Waals surface area contributed by atoms with Crippen LogP contribution in [-0.4, -0.2) is 40.1 Å². The average molecular weight is 662 g/mol. The Morgan fingerprint density at radius 1 is 0.717 bits per heavy atom. The highest BCUT2D eigenvalue weighted by Gasteiger charge is 2.29. The monoisotopic (exact) mass is 661 g/mol. The molecule has 0 saturated carbocycles. The Kier molecular flexibility index (Phi) is 8.32. The van der Waals surface area contributed by atoms with E-state index in [2.05, 4.69) is 10.3 Å². The number of hydrogen-bond acceptors (Lipinski definition) is 6. The molecule has 2 aromatic heterocycles. The largest absolute Gasteiger partial charge is 0.268 e. The van der Waals surface area contributed by atoms with Gasteiger partial charge in [-0.05, 0) is 55.8 Å². The SMILES string of the molecule is Cc1ccc(S(=O)(=O)N(Cc2cn(Cc3cccc(F)c3F)nn2)Cc2cn(S(=O)(=O)c3ccc(C)cc3)c3ccccc23)cc1. The van der Waals surface area contributed by atoms with Crippen LogP contribution in [0.4, 0.5) is 8.78 Å². The van der Waals surface area contributed by atoms with Crippen molar-refractivity contribution in [2.45, 2.75) is 43.3 Å². The molecule has 0 saturated heterocycles. The molecule has 0 aliphatic carbocycles. The van der Waals surface area contributed by atoms with Crippen LogP contribution in [0.15, 0.2) is 113 Å². The molecule has 0 atom stereocenters. The van der Waals surface area contributed by atoms with E-state index in [1.807, 2.05) is 13.8 Å². The van der Waals surface area contributed by atoms with Crippen LogP contribution in [0.2, 0.25) is 0 Å². The van der Waals surface area contributed by atoms with Gasteiger partial charge in [-0.3, -0.25) is 0 Å². The number of hydrogen-bond donors (Lipinski definition) is 0. The molecule has 6 aromatic rings. The summed E-state index contributed by atoms with van der Waals surface area (Å²) in [5.74, 6) is -1.99. The van der Waals surface area contributed by atoms with Crippen LogP contribution in [0, 0.1) is 25.5 Å². The van der Waals surface area contributed by atoms with Crippen molar-refractivity contribution >= 4 is 30.9 Å². The molecule has 0 aliphatic rings. The average Bonchev–Trinajstić information content (AvgIpc) is 3.64. The molecular formula is C33H29F2N5O4S2. The smallest absolute Gasteiger partial charge is 0.248 e. The molecule has 0 N–H and O–H groups in total.